The largest absolute Gasteiger partial charge is 0.330 e. The first-order chi connectivity index (χ1) is 9.52. The molecule has 0 bridgehead atoms. The summed E-state index contributed by atoms with van der Waals surface area (Å²) in [4.78, 5) is 9.12. The van der Waals surface area contributed by atoms with Crippen LogP contribution in [-0.4, -0.2) is 16.5 Å². The zero-order valence-corrected chi connectivity index (χ0v) is 12.7. The topological polar surface area (TPSA) is 51.8 Å². The molecular weight excluding hydrogens is 246 g/mol. The third kappa shape index (κ3) is 3.05. The summed E-state index contributed by atoms with van der Waals surface area (Å²) in [5.74, 6) is 1.50. The smallest absolute Gasteiger partial charge is 0.133 e. The Morgan fingerprint density at radius 2 is 1.85 bits per heavy atom. The number of nitrogens with two attached hydrogens (primary N) is 1. The van der Waals surface area contributed by atoms with E-state index in [9.17, 15) is 0 Å². The van der Waals surface area contributed by atoms with E-state index < -0.39 is 0 Å². The molecule has 1 unspecified atom stereocenters. The Labute approximate surface area is 121 Å². The van der Waals surface area contributed by atoms with Crippen molar-refractivity contribution in [1.29, 1.82) is 0 Å². The van der Waals surface area contributed by atoms with Crippen molar-refractivity contribution in [2.24, 2.45) is 11.7 Å². The number of nitrogens with zero attached hydrogens (tertiary/aromatic N) is 2. The monoisotopic (exact) mass is 269 g/mol. The van der Waals surface area contributed by atoms with Gasteiger partial charge in [-0.05, 0) is 43.0 Å². The van der Waals surface area contributed by atoms with Gasteiger partial charge in [0.2, 0.25) is 0 Å². The fourth-order valence-electron chi connectivity index (χ4n) is 2.29. The Morgan fingerprint density at radius 3 is 2.45 bits per heavy atom. The number of hydrogen-bond acceptors (Lipinski definition) is 3. The normalized spacial score (nSPS) is 12.7. The molecule has 2 rings (SSSR count). The molecule has 1 atom stereocenters. The number of hydrogen-bond donors (Lipinski definition) is 1. The predicted molar refractivity (Wildman–Crippen MR) is 83.6 cm³/mol. The van der Waals surface area contributed by atoms with Crippen LogP contribution < -0.4 is 5.73 Å². The van der Waals surface area contributed by atoms with E-state index in [1.807, 2.05) is 12.3 Å². The average Bonchev–Trinajstić information content (AvgIpc) is 2.42. The van der Waals surface area contributed by atoms with Crippen LogP contribution in [0.1, 0.15) is 36.7 Å². The van der Waals surface area contributed by atoms with E-state index in [0.717, 1.165) is 17.1 Å². The standard InChI is InChI=1S/C17H23N3/c1-11(2)15(10-18)17-19-8-7-16(20-17)14-6-5-12(3)13(4)9-14/h5-9,11,15H,10,18H2,1-4H3. The molecule has 3 nitrogen and oxygen atoms in total. The van der Waals surface area contributed by atoms with Crippen molar-refractivity contribution < 1.29 is 0 Å². The lowest BCUT2D eigenvalue weighted by Crippen LogP contribution is -2.20. The van der Waals surface area contributed by atoms with E-state index in [-0.39, 0.29) is 5.92 Å². The third-order valence-electron chi connectivity index (χ3n) is 3.87. The van der Waals surface area contributed by atoms with Gasteiger partial charge in [0, 0.05) is 24.2 Å². The van der Waals surface area contributed by atoms with Crippen molar-refractivity contribution >= 4 is 0 Å². The van der Waals surface area contributed by atoms with Crippen molar-refractivity contribution in [2.45, 2.75) is 33.6 Å². The minimum atomic E-state index is 0.210. The number of rotatable bonds is 4. The van der Waals surface area contributed by atoms with Crippen LogP contribution in [0.2, 0.25) is 0 Å². The molecule has 0 saturated carbocycles. The van der Waals surface area contributed by atoms with E-state index in [1.165, 1.54) is 11.1 Å². The van der Waals surface area contributed by atoms with Crippen molar-refractivity contribution in [3.8, 4) is 11.3 Å². The second-order valence-corrected chi connectivity index (χ2v) is 5.69. The maximum absolute atomic E-state index is 5.86. The Bertz CT molecular complexity index is 591. The first-order valence-corrected chi connectivity index (χ1v) is 7.13. The van der Waals surface area contributed by atoms with Gasteiger partial charge in [0.25, 0.3) is 0 Å². The van der Waals surface area contributed by atoms with Crippen LogP contribution in [0.4, 0.5) is 0 Å². The molecule has 0 aliphatic rings. The summed E-state index contributed by atoms with van der Waals surface area (Å²) in [5.41, 5.74) is 10.5. The Morgan fingerprint density at radius 1 is 1.10 bits per heavy atom. The molecule has 2 aromatic rings. The van der Waals surface area contributed by atoms with Crippen LogP contribution in [0, 0.1) is 19.8 Å². The van der Waals surface area contributed by atoms with Crippen LogP contribution in [0.5, 0.6) is 0 Å². The lowest BCUT2D eigenvalue weighted by Gasteiger charge is -2.17. The molecule has 1 heterocycles. The Balaban J connectivity index is 2.41. The fourth-order valence-corrected chi connectivity index (χ4v) is 2.29. The van der Waals surface area contributed by atoms with Crippen LogP contribution in [0.15, 0.2) is 30.5 Å². The zero-order chi connectivity index (χ0) is 14.7. The van der Waals surface area contributed by atoms with Gasteiger partial charge in [-0.15, -0.1) is 0 Å². The molecule has 0 spiro atoms. The van der Waals surface area contributed by atoms with Crippen molar-refractivity contribution in [3.05, 3.63) is 47.4 Å². The van der Waals surface area contributed by atoms with Gasteiger partial charge in [0.1, 0.15) is 5.82 Å². The maximum atomic E-state index is 5.86. The van der Waals surface area contributed by atoms with E-state index in [0.29, 0.717) is 12.5 Å². The van der Waals surface area contributed by atoms with Gasteiger partial charge in [-0.2, -0.15) is 0 Å². The molecule has 0 aliphatic carbocycles. The van der Waals surface area contributed by atoms with Crippen LogP contribution >= 0.6 is 0 Å². The first-order valence-electron chi connectivity index (χ1n) is 7.13. The van der Waals surface area contributed by atoms with E-state index in [4.69, 9.17) is 10.7 Å². The highest BCUT2D eigenvalue weighted by Crippen LogP contribution is 2.24. The highest BCUT2D eigenvalue weighted by Gasteiger charge is 2.17. The predicted octanol–water partition coefficient (Wildman–Crippen LogP) is 3.46. The third-order valence-corrected chi connectivity index (χ3v) is 3.87. The van der Waals surface area contributed by atoms with Gasteiger partial charge in [-0.3, -0.25) is 0 Å². The summed E-state index contributed by atoms with van der Waals surface area (Å²) in [6.45, 7) is 9.13. The minimum Gasteiger partial charge on any atom is -0.330 e. The molecule has 1 aromatic carbocycles. The molecule has 3 heteroatoms. The lowest BCUT2D eigenvalue weighted by molar-refractivity contribution is 0.483. The Hall–Kier alpha value is -1.74. The van der Waals surface area contributed by atoms with Crippen LogP contribution in [0.25, 0.3) is 11.3 Å². The van der Waals surface area contributed by atoms with Crippen molar-refractivity contribution in [1.82, 2.24) is 9.97 Å². The molecule has 1 aromatic heterocycles. The van der Waals surface area contributed by atoms with Gasteiger partial charge in [-0.25, -0.2) is 9.97 Å². The summed E-state index contributed by atoms with van der Waals surface area (Å²) < 4.78 is 0. The SMILES string of the molecule is Cc1ccc(-c2ccnc(C(CN)C(C)C)n2)cc1C. The lowest BCUT2D eigenvalue weighted by atomic mass is 9.95. The van der Waals surface area contributed by atoms with Crippen molar-refractivity contribution in [3.63, 3.8) is 0 Å². The van der Waals surface area contributed by atoms with Crippen LogP contribution in [0.3, 0.4) is 0 Å². The molecule has 106 valence electrons. The van der Waals surface area contributed by atoms with E-state index in [2.05, 4.69) is 50.9 Å². The summed E-state index contributed by atoms with van der Waals surface area (Å²) in [5, 5.41) is 0. The van der Waals surface area contributed by atoms with E-state index in [1.54, 1.807) is 0 Å². The second-order valence-electron chi connectivity index (χ2n) is 5.69. The van der Waals surface area contributed by atoms with Crippen LogP contribution in [-0.2, 0) is 0 Å². The number of aromatic nitrogens is 2. The second kappa shape index (κ2) is 6.14. The number of aryl methyl sites for hydroxylation is 2. The van der Waals surface area contributed by atoms with E-state index >= 15 is 0 Å². The van der Waals surface area contributed by atoms with Gasteiger partial charge in [-0.1, -0.05) is 26.0 Å². The zero-order valence-electron chi connectivity index (χ0n) is 12.7. The highest BCUT2D eigenvalue weighted by atomic mass is 14.9. The molecule has 20 heavy (non-hydrogen) atoms. The summed E-state index contributed by atoms with van der Waals surface area (Å²) in [6, 6.07) is 8.38. The molecule has 0 aliphatic heterocycles. The quantitative estimate of drug-likeness (QED) is 0.924. The molecule has 0 fully saturated rings. The van der Waals surface area contributed by atoms with Gasteiger partial charge < -0.3 is 5.73 Å². The van der Waals surface area contributed by atoms with Gasteiger partial charge in [0.05, 0.1) is 5.69 Å². The summed E-state index contributed by atoms with van der Waals surface area (Å²) >= 11 is 0. The summed E-state index contributed by atoms with van der Waals surface area (Å²) in [6.07, 6.45) is 1.83. The molecule has 0 amide bonds. The van der Waals surface area contributed by atoms with Gasteiger partial charge >= 0.3 is 0 Å². The Kier molecular flexibility index (Phi) is 4.50. The fraction of sp³-hybridized carbons (Fsp3) is 0.412. The van der Waals surface area contributed by atoms with Gasteiger partial charge in [0.15, 0.2) is 0 Å². The summed E-state index contributed by atoms with van der Waals surface area (Å²) in [7, 11) is 0. The molecular formula is C17H23N3. The molecule has 0 saturated heterocycles. The highest BCUT2D eigenvalue weighted by molar-refractivity contribution is 5.60. The average molecular weight is 269 g/mol. The molecule has 0 radical (unpaired) electrons. The number of benzene rings is 1. The molecule has 2 N–H and O–H groups in total. The first kappa shape index (κ1) is 14.7. The van der Waals surface area contributed by atoms with Crippen molar-refractivity contribution in [2.75, 3.05) is 6.54 Å². The maximum Gasteiger partial charge on any atom is 0.133 e. The minimum absolute atomic E-state index is 0.210.